The molecule has 0 aliphatic heterocycles. The van der Waals surface area contributed by atoms with Gasteiger partial charge in [-0.2, -0.15) is 11.8 Å². The second kappa shape index (κ2) is 13.0. The fourth-order valence-electron chi connectivity index (χ4n) is 4.17. The van der Waals surface area contributed by atoms with Crippen LogP contribution in [0.2, 0.25) is 5.02 Å². The zero-order valence-corrected chi connectivity index (χ0v) is 23.4. The quantitative estimate of drug-likeness (QED) is 0.206. The number of carbonyl (C=O) groups excluding carboxylic acids is 2. The Balaban J connectivity index is 1.55. The molecule has 0 spiro atoms. The zero-order chi connectivity index (χ0) is 25.6. The SMILES string of the molecule is COC(=O)CSCCCSC1C(=O)C(C)(C)C(O)C1/C=C/C(O)CCc1sc2ccccc2c1Cl. The van der Waals surface area contributed by atoms with Crippen molar-refractivity contribution in [2.75, 3.05) is 24.4 Å². The second-order valence-corrected chi connectivity index (χ2v) is 13.1. The summed E-state index contributed by atoms with van der Waals surface area (Å²) in [5, 5.41) is 22.9. The van der Waals surface area contributed by atoms with Crippen molar-refractivity contribution in [2.45, 2.75) is 50.6 Å². The first-order chi connectivity index (χ1) is 16.7. The van der Waals surface area contributed by atoms with Gasteiger partial charge in [-0.05, 0) is 36.8 Å². The Kier molecular flexibility index (Phi) is 10.6. The van der Waals surface area contributed by atoms with Gasteiger partial charge in [0.1, 0.15) is 0 Å². The number of aliphatic hydroxyl groups is 2. The molecule has 9 heteroatoms. The van der Waals surface area contributed by atoms with Crippen LogP contribution in [0.5, 0.6) is 0 Å². The summed E-state index contributed by atoms with van der Waals surface area (Å²) in [5.74, 6) is 1.33. The lowest BCUT2D eigenvalue weighted by Crippen LogP contribution is -2.31. The van der Waals surface area contributed by atoms with E-state index in [0.29, 0.717) is 18.6 Å². The smallest absolute Gasteiger partial charge is 0.315 e. The summed E-state index contributed by atoms with van der Waals surface area (Å²) in [6.07, 6.45) is 4.05. The Morgan fingerprint density at radius 3 is 2.77 bits per heavy atom. The van der Waals surface area contributed by atoms with E-state index in [-0.39, 0.29) is 22.9 Å². The highest BCUT2D eigenvalue weighted by Gasteiger charge is 2.53. The highest BCUT2D eigenvalue weighted by atomic mass is 35.5. The second-order valence-electron chi connectivity index (χ2n) is 9.21. The first-order valence-corrected chi connectivity index (χ1v) is 15.1. The summed E-state index contributed by atoms with van der Waals surface area (Å²) in [7, 11) is 1.38. The van der Waals surface area contributed by atoms with Crippen LogP contribution in [0.4, 0.5) is 0 Å². The molecular formula is C26H33ClO5S3. The Labute approximate surface area is 224 Å². The van der Waals surface area contributed by atoms with Gasteiger partial charge in [0.25, 0.3) is 0 Å². The Morgan fingerprint density at radius 2 is 2.06 bits per heavy atom. The molecule has 1 aromatic heterocycles. The standard InChI is InChI=1S/C26H33ClO5S3/c1-26(2)24(30)18(23(25(26)31)34-14-6-13-33-15-21(29)32-3)11-9-16(28)10-12-20-22(27)17-7-4-5-8-19(17)35-20/h4-5,7-9,11,16,18,23-24,28,30H,6,10,12-15H2,1-3H3/b11-9+. The highest BCUT2D eigenvalue weighted by Crippen LogP contribution is 2.45. The first-order valence-electron chi connectivity index (χ1n) is 11.7. The summed E-state index contributed by atoms with van der Waals surface area (Å²) in [5.41, 5.74) is -0.831. The molecule has 0 bridgehead atoms. The van der Waals surface area contributed by atoms with Crippen molar-refractivity contribution in [1.82, 2.24) is 0 Å². The fraction of sp³-hybridized carbons (Fsp3) is 0.538. The van der Waals surface area contributed by atoms with Crippen molar-refractivity contribution in [3.8, 4) is 0 Å². The van der Waals surface area contributed by atoms with E-state index in [0.717, 1.165) is 37.9 Å². The van der Waals surface area contributed by atoms with Gasteiger partial charge in [0.15, 0.2) is 5.78 Å². The van der Waals surface area contributed by atoms with E-state index >= 15 is 0 Å². The summed E-state index contributed by atoms with van der Waals surface area (Å²) in [4.78, 5) is 25.3. The number of thiophene rings is 1. The van der Waals surface area contributed by atoms with Crippen LogP contribution in [0, 0.1) is 11.3 Å². The number of hydrogen-bond donors (Lipinski definition) is 2. The molecule has 2 aromatic rings. The molecular weight excluding hydrogens is 524 g/mol. The van der Waals surface area contributed by atoms with E-state index in [9.17, 15) is 19.8 Å². The van der Waals surface area contributed by atoms with Gasteiger partial charge in [0.2, 0.25) is 0 Å². The third kappa shape index (κ3) is 7.05. The molecule has 1 fully saturated rings. The molecule has 192 valence electrons. The number of benzene rings is 1. The maximum absolute atomic E-state index is 13.0. The van der Waals surface area contributed by atoms with Gasteiger partial charge < -0.3 is 14.9 Å². The predicted molar refractivity (Wildman–Crippen MR) is 149 cm³/mol. The van der Waals surface area contributed by atoms with Crippen LogP contribution in [0.15, 0.2) is 36.4 Å². The predicted octanol–water partition coefficient (Wildman–Crippen LogP) is 5.39. The number of aryl methyl sites for hydroxylation is 1. The number of ether oxygens (including phenoxy) is 1. The van der Waals surface area contributed by atoms with Gasteiger partial charge in [0, 0.05) is 20.9 Å². The number of aliphatic hydroxyl groups excluding tert-OH is 2. The van der Waals surface area contributed by atoms with Gasteiger partial charge >= 0.3 is 5.97 Å². The van der Waals surface area contributed by atoms with E-state index < -0.39 is 17.6 Å². The molecule has 4 atom stereocenters. The molecule has 1 aromatic carbocycles. The molecule has 0 radical (unpaired) electrons. The third-order valence-corrected chi connectivity index (χ3v) is 10.6. The van der Waals surface area contributed by atoms with Crippen molar-refractivity contribution in [3.05, 3.63) is 46.3 Å². The summed E-state index contributed by atoms with van der Waals surface area (Å²) >= 11 is 11.2. The number of hydrogen-bond acceptors (Lipinski definition) is 8. The highest BCUT2D eigenvalue weighted by molar-refractivity contribution is 8.01. The Bertz CT molecular complexity index is 1050. The number of fused-ring (bicyclic) bond motifs is 1. The molecule has 5 nitrogen and oxygen atoms in total. The van der Waals surface area contributed by atoms with Gasteiger partial charge in [0.05, 0.1) is 40.8 Å². The zero-order valence-electron chi connectivity index (χ0n) is 20.2. The van der Waals surface area contributed by atoms with Crippen molar-refractivity contribution < 1.29 is 24.5 Å². The van der Waals surface area contributed by atoms with Gasteiger partial charge in [-0.25, -0.2) is 0 Å². The number of esters is 1. The molecule has 1 heterocycles. The number of rotatable bonds is 12. The molecule has 0 amide bonds. The number of ketones is 1. The van der Waals surface area contributed by atoms with Crippen LogP contribution in [-0.2, 0) is 20.7 Å². The van der Waals surface area contributed by atoms with E-state index in [4.69, 9.17) is 11.6 Å². The van der Waals surface area contributed by atoms with E-state index in [2.05, 4.69) is 4.74 Å². The summed E-state index contributed by atoms with van der Waals surface area (Å²) < 4.78 is 5.77. The van der Waals surface area contributed by atoms with Crippen LogP contribution in [0.25, 0.3) is 10.1 Å². The largest absolute Gasteiger partial charge is 0.468 e. The third-order valence-electron chi connectivity index (χ3n) is 6.35. The average Bonchev–Trinajstić information content (AvgIpc) is 3.25. The summed E-state index contributed by atoms with van der Waals surface area (Å²) in [6, 6.07) is 8.00. The number of Topliss-reactive ketones (excluding diaryl/α,β-unsaturated/α-hetero) is 1. The first kappa shape index (κ1) is 28.5. The Hall–Kier alpha value is -1.03. The molecule has 2 N–H and O–H groups in total. The average molecular weight is 557 g/mol. The molecule has 4 unspecified atom stereocenters. The molecule has 1 aliphatic rings. The fourth-order valence-corrected chi connectivity index (χ4v) is 8.15. The van der Waals surface area contributed by atoms with Crippen molar-refractivity contribution in [1.29, 1.82) is 0 Å². The van der Waals surface area contributed by atoms with E-state index in [1.165, 1.54) is 18.9 Å². The number of thioether (sulfide) groups is 2. The molecule has 1 aliphatic carbocycles. The van der Waals surface area contributed by atoms with Crippen molar-refractivity contribution in [3.63, 3.8) is 0 Å². The minimum atomic E-state index is -0.831. The van der Waals surface area contributed by atoms with Crippen molar-refractivity contribution in [2.24, 2.45) is 11.3 Å². The number of methoxy groups -OCH3 is 1. The van der Waals surface area contributed by atoms with Crippen LogP contribution in [-0.4, -0.2) is 63.8 Å². The normalized spacial score (nSPS) is 22.8. The lowest BCUT2D eigenvalue weighted by molar-refractivity contribution is -0.137. The van der Waals surface area contributed by atoms with Crippen LogP contribution in [0.3, 0.4) is 0 Å². The van der Waals surface area contributed by atoms with E-state index in [1.807, 2.05) is 30.3 Å². The monoisotopic (exact) mass is 556 g/mol. The van der Waals surface area contributed by atoms with Gasteiger partial charge in [-0.3, -0.25) is 9.59 Å². The topological polar surface area (TPSA) is 83.8 Å². The molecule has 3 rings (SSSR count). The minimum absolute atomic E-state index is 0.0402. The molecule has 1 saturated carbocycles. The number of halogens is 1. The maximum atomic E-state index is 13.0. The molecule has 0 saturated heterocycles. The maximum Gasteiger partial charge on any atom is 0.315 e. The van der Waals surface area contributed by atoms with Crippen LogP contribution < -0.4 is 0 Å². The Morgan fingerprint density at radius 1 is 1.31 bits per heavy atom. The van der Waals surface area contributed by atoms with Crippen LogP contribution >= 0.6 is 46.5 Å². The minimum Gasteiger partial charge on any atom is -0.468 e. The van der Waals surface area contributed by atoms with Gasteiger partial charge in [-0.15, -0.1) is 23.1 Å². The lowest BCUT2D eigenvalue weighted by Gasteiger charge is -2.22. The van der Waals surface area contributed by atoms with Gasteiger partial charge in [-0.1, -0.05) is 55.8 Å². The number of carbonyl (C=O) groups is 2. The molecule has 35 heavy (non-hydrogen) atoms. The van der Waals surface area contributed by atoms with Crippen LogP contribution in [0.1, 0.15) is 31.6 Å². The summed E-state index contributed by atoms with van der Waals surface area (Å²) in [6.45, 7) is 3.57. The van der Waals surface area contributed by atoms with E-state index in [1.54, 1.807) is 43.0 Å². The van der Waals surface area contributed by atoms with Crippen molar-refractivity contribution >= 4 is 68.3 Å². The lowest BCUT2D eigenvalue weighted by atomic mass is 9.86.